The highest BCUT2D eigenvalue weighted by Crippen LogP contribution is 2.33. The van der Waals surface area contributed by atoms with Crippen LogP contribution in [-0.4, -0.2) is 33.1 Å². The van der Waals surface area contributed by atoms with Crippen LogP contribution in [0, 0.1) is 13.8 Å². The lowest BCUT2D eigenvalue weighted by molar-refractivity contribution is 0.0641. The number of pyridine rings is 1. The first-order valence-corrected chi connectivity index (χ1v) is 9.73. The number of hydrogen-bond acceptors (Lipinski definition) is 7. The standard InChI is InChI=1S/C19H21N3O4S/c1-11-15(27-10-21-11)8-25-16-6-13-14(7-20-16)26-12(2)17(13)18(24)22-19(9-23)4-3-5-19/h6-7,10,23H,3-5,8-9H2,1-2H3,(H,22,24). The summed E-state index contributed by atoms with van der Waals surface area (Å²) < 4.78 is 11.5. The molecular weight excluding hydrogens is 366 g/mol. The van der Waals surface area contributed by atoms with Crippen molar-refractivity contribution >= 4 is 28.2 Å². The molecule has 8 heteroatoms. The van der Waals surface area contributed by atoms with E-state index in [2.05, 4.69) is 15.3 Å². The molecule has 0 saturated heterocycles. The summed E-state index contributed by atoms with van der Waals surface area (Å²) in [6.07, 6.45) is 4.15. The average Bonchev–Trinajstić information content (AvgIpc) is 3.17. The molecule has 1 amide bonds. The molecule has 3 aromatic rings. The second-order valence-corrected chi connectivity index (χ2v) is 7.89. The molecule has 1 fully saturated rings. The zero-order valence-electron chi connectivity index (χ0n) is 15.2. The Balaban J connectivity index is 1.59. The van der Waals surface area contributed by atoms with Crippen LogP contribution in [0.4, 0.5) is 0 Å². The molecule has 0 spiro atoms. The summed E-state index contributed by atoms with van der Waals surface area (Å²) >= 11 is 1.53. The molecule has 7 nitrogen and oxygen atoms in total. The van der Waals surface area contributed by atoms with Gasteiger partial charge in [0.25, 0.3) is 5.91 Å². The molecule has 0 unspecified atom stereocenters. The zero-order chi connectivity index (χ0) is 19.0. The maximum absolute atomic E-state index is 12.9. The van der Waals surface area contributed by atoms with E-state index in [1.165, 1.54) is 11.3 Å². The number of fused-ring (bicyclic) bond motifs is 1. The lowest BCUT2D eigenvalue weighted by Crippen LogP contribution is -2.56. The number of carbonyl (C=O) groups excluding carboxylic acids is 1. The molecule has 2 N–H and O–H groups in total. The lowest BCUT2D eigenvalue weighted by Gasteiger charge is -2.40. The maximum atomic E-state index is 12.9. The van der Waals surface area contributed by atoms with Gasteiger partial charge in [0.1, 0.15) is 12.4 Å². The number of nitrogens with one attached hydrogen (secondary N) is 1. The number of ether oxygens (including phenoxy) is 1. The lowest BCUT2D eigenvalue weighted by atomic mass is 9.77. The Morgan fingerprint density at radius 1 is 1.41 bits per heavy atom. The van der Waals surface area contributed by atoms with Crippen molar-refractivity contribution in [3.63, 3.8) is 0 Å². The number of rotatable bonds is 6. The first kappa shape index (κ1) is 17.9. The number of carbonyl (C=O) groups is 1. The Kier molecular flexibility index (Phi) is 4.61. The van der Waals surface area contributed by atoms with E-state index in [-0.39, 0.29) is 12.5 Å². The first-order valence-electron chi connectivity index (χ1n) is 8.86. The summed E-state index contributed by atoms with van der Waals surface area (Å²) in [5.41, 5.74) is 3.21. The fourth-order valence-electron chi connectivity index (χ4n) is 3.30. The van der Waals surface area contributed by atoms with Gasteiger partial charge in [-0.25, -0.2) is 9.97 Å². The largest absolute Gasteiger partial charge is 0.472 e. The Bertz CT molecular complexity index is 985. The van der Waals surface area contributed by atoms with Gasteiger partial charge in [0.2, 0.25) is 5.88 Å². The number of thiazole rings is 1. The fourth-order valence-corrected chi connectivity index (χ4v) is 3.99. The molecule has 0 bridgehead atoms. The number of amides is 1. The molecule has 1 aliphatic carbocycles. The smallest absolute Gasteiger partial charge is 0.255 e. The highest BCUT2D eigenvalue weighted by molar-refractivity contribution is 7.09. The molecule has 27 heavy (non-hydrogen) atoms. The van der Waals surface area contributed by atoms with Gasteiger partial charge >= 0.3 is 0 Å². The van der Waals surface area contributed by atoms with Crippen molar-refractivity contribution in [1.82, 2.24) is 15.3 Å². The first-order chi connectivity index (χ1) is 13.0. The zero-order valence-corrected chi connectivity index (χ0v) is 16.1. The van der Waals surface area contributed by atoms with Gasteiger partial charge in [-0.15, -0.1) is 11.3 Å². The van der Waals surface area contributed by atoms with Crippen LogP contribution in [0.3, 0.4) is 0 Å². The number of aliphatic hydroxyl groups excluding tert-OH is 1. The Morgan fingerprint density at radius 2 is 2.22 bits per heavy atom. The predicted octanol–water partition coefficient (Wildman–Crippen LogP) is 3.12. The minimum Gasteiger partial charge on any atom is -0.472 e. The molecular formula is C19H21N3O4S. The molecule has 0 radical (unpaired) electrons. The Labute approximate surface area is 160 Å². The van der Waals surface area contributed by atoms with Crippen molar-refractivity contribution in [2.75, 3.05) is 6.61 Å². The van der Waals surface area contributed by atoms with Crippen molar-refractivity contribution in [2.24, 2.45) is 0 Å². The minimum atomic E-state index is -0.511. The third-order valence-corrected chi connectivity index (χ3v) is 6.05. The van der Waals surface area contributed by atoms with E-state index in [4.69, 9.17) is 9.15 Å². The van der Waals surface area contributed by atoms with Crippen LogP contribution in [0.25, 0.3) is 11.0 Å². The summed E-state index contributed by atoms with van der Waals surface area (Å²) in [6.45, 7) is 4.01. The van der Waals surface area contributed by atoms with E-state index in [1.807, 2.05) is 6.92 Å². The van der Waals surface area contributed by atoms with E-state index >= 15 is 0 Å². The Hall–Kier alpha value is -2.45. The van der Waals surface area contributed by atoms with Crippen LogP contribution in [0.2, 0.25) is 0 Å². The summed E-state index contributed by atoms with van der Waals surface area (Å²) in [7, 11) is 0. The van der Waals surface area contributed by atoms with E-state index < -0.39 is 5.54 Å². The quantitative estimate of drug-likeness (QED) is 0.674. The predicted molar refractivity (Wildman–Crippen MR) is 101 cm³/mol. The van der Waals surface area contributed by atoms with Gasteiger partial charge in [0.05, 0.1) is 40.0 Å². The van der Waals surface area contributed by atoms with Crippen molar-refractivity contribution < 1.29 is 19.1 Å². The second-order valence-electron chi connectivity index (χ2n) is 6.95. The van der Waals surface area contributed by atoms with Crippen LogP contribution in [0.1, 0.15) is 46.0 Å². The molecule has 1 saturated carbocycles. The van der Waals surface area contributed by atoms with E-state index in [0.717, 1.165) is 29.8 Å². The molecule has 142 valence electrons. The molecule has 1 aliphatic rings. The van der Waals surface area contributed by atoms with Gasteiger partial charge in [0, 0.05) is 11.5 Å². The van der Waals surface area contributed by atoms with Crippen LogP contribution in [0.15, 0.2) is 22.2 Å². The molecule has 0 atom stereocenters. The van der Waals surface area contributed by atoms with E-state index in [9.17, 15) is 9.90 Å². The third kappa shape index (κ3) is 3.30. The third-order valence-electron chi connectivity index (χ3n) is 5.14. The summed E-state index contributed by atoms with van der Waals surface area (Å²) in [6, 6.07) is 1.73. The van der Waals surface area contributed by atoms with E-state index in [1.54, 1.807) is 24.7 Å². The van der Waals surface area contributed by atoms with Crippen LogP contribution in [0.5, 0.6) is 5.88 Å². The Morgan fingerprint density at radius 3 is 2.85 bits per heavy atom. The topological polar surface area (TPSA) is 97.5 Å². The molecule has 0 aromatic carbocycles. The van der Waals surface area contributed by atoms with Crippen molar-refractivity contribution in [3.8, 4) is 5.88 Å². The van der Waals surface area contributed by atoms with Crippen LogP contribution >= 0.6 is 11.3 Å². The number of aromatic nitrogens is 2. The SMILES string of the molecule is Cc1ncsc1COc1cc2c(C(=O)NC3(CO)CCC3)c(C)oc2cn1. The number of aryl methyl sites for hydroxylation is 2. The maximum Gasteiger partial charge on any atom is 0.255 e. The van der Waals surface area contributed by atoms with Crippen LogP contribution in [-0.2, 0) is 6.61 Å². The highest BCUT2D eigenvalue weighted by Gasteiger charge is 2.38. The monoisotopic (exact) mass is 387 g/mol. The number of furan rings is 1. The van der Waals surface area contributed by atoms with E-state index in [0.29, 0.717) is 34.8 Å². The van der Waals surface area contributed by atoms with Gasteiger partial charge in [-0.1, -0.05) is 0 Å². The van der Waals surface area contributed by atoms with Gasteiger partial charge in [0.15, 0.2) is 5.58 Å². The van der Waals surface area contributed by atoms with Gasteiger partial charge in [-0.2, -0.15) is 0 Å². The average molecular weight is 387 g/mol. The minimum absolute atomic E-state index is 0.0578. The normalized spacial score (nSPS) is 15.5. The van der Waals surface area contributed by atoms with Gasteiger partial charge in [-0.3, -0.25) is 4.79 Å². The highest BCUT2D eigenvalue weighted by atomic mass is 32.1. The van der Waals surface area contributed by atoms with Gasteiger partial charge in [-0.05, 0) is 33.1 Å². The van der Waals surface area contributed by atoms with Gasteiger partial charge < -0.3 is 19.6 Å². The fraction of sp³-hybridized carbons (Fsp3) is 0.421. The molecule has 0 aliphatic heterocycles. The molecule has 3 heterocycles. The van der Waals surface area contributed by atoms with Crippen molar-refractivity contribution in [2.45, 2.75) is 45.3 Å². The second kappa shape index (κ2) is 6.94. The number of hydrogen-bond donors (Lipinski definition) is 2. The summed E-state index contributed by atoms with van der Waals surface area (Å²) in [4.78, 5) is 22.4. The summed E-state index contributed by atoms with van der Waals surface area (Å²) in [5, 5.41) is 13.3. The molecule has 3 aromatic heterocycles. The van der Waals surface area contributed by atoms with Crippen molar-refractivity contribution in [1.29, 1.82) is 0 Å². The molecule has 4 rings (SSSR count). The van der Waals surface area contributed by atoms with Crippen molar-refractivity contribution in [3.05, 3.63) is 39.7 Å². The number of aliphatic hydroxyl groups is 1. The van der Waals surface area contributed by atoms with Crippen LogP contribution < -0.4 is 10.1 Å². The number of nitrogens with zero attached hydrogens (tertiary/aromatic N) is 2. The summed E-state index contributed by atoms with van der Waals surface area (Å²) in [5.74, 6) is 0.702.